The van der Waals surface area contributed by atoms with E-state index in [9.17, 15) is 8.42 Å². The van der Waals surface area contributed by atoms with E-state index in [-0.39, 0.29) is 10.9 Å². The van der Waals surface area contributed by atoms with Crippen molar-refractivity contribution in [3.63, 3.8) is 0 Å². The third-order valence-corrected chi connectivity index (χ3v) is 5.58. The summed E-state index contributed by atoms with van der Waals surface area (Å²) in [6, 6.07) is 4.59. The van der Waals surface area contributed by atoms with Crippen LogP contribution >= 0.6 is 11.6 Å². The average molecular weight is 318 g/mol. The third kappa shape index (κ3) is 3.45. The second kappa shape index (κ2) is 6.33. The van der Waals surface area contributed by atoms with Gasteiger partial charge in [-0.15, -0.1) is 0 Å². The van der Waals surface area contributed by atoms with Gasteiger partial charge >= 0.3 is 0 Å². The summed E-state index contributed by atoms with van der Waals surface area (Å²) >= 11 is 5.90. The van der Waals surface area contributed by atoms with Gasteiger partial charge in [-0.25, -0.2) is 13.1 Å². The monoisotopic (exact) mass is 317 g/mol. The zero-order chi connectivity index (χ0) is 14.8. The zero-order valence-electron chi connectivity index (χ0n) is 11.7. The minimum Gasteiger partial charge on any atom is -0.495 e. The van der Waals surface area contributed by atoms with Gasteiger partial charge in [-0.2, -0.15) is 0 Å². The fraction of sp³-hybridized carbons (Fsp3) is 0.571. The first kappa shape index (κ1) is 15.6. The summed E-state index contributed by atoms with van der Waals surface area (Å²) < 4.78 is 33.0. The van der Waals surface area contributed by atoms with Gasteiger partial charge in [0.25, 0.3) is 0 Å². The van der Waals surface area contributed by atoms with Crippen LogP contribution in [0.4, 0.5) is 0 Å². The number of methoxy groups -OCH3 is 1. The lowest BCUT2D eigenvalue weighted by Crippen LogP contribution is -2.41. The number of rotatable bonds is 4. The second-order valence-corrected chi connectivity index (χ2v) is 7.40. The minimum atomic E-state index is -3.62. The van der Waals surface area contributed by atoms with Crippen molar-refractivity contribution < 1.29 is 13.2 Å². The van der Waals surface area contributed by atoms with E-state index in [0.29, 0.717) is 16.7 Å². The molecule has 1 N–H and O–H groups in total. The number of ether oxygens (including phenoxy) is 1. The Labute approximate surface area is 125 Å². The van der Waals surface area contributed by atoms with Crippen LogP contribution in [0.2, 0.25) is 5.02 Å². The highest BCUT2D eigenvalue weighted by molar-refractivity contribution is 7.89. The zero-order valence-corrected chi connectivity index (χ0v) is 13.3. The van der Waals surface area contributed by atoms with E-state index in [1.807, 2.05) is 0 Å². The van der Waals surface area contributed by atoms with Gasteiger partial charge in [-0.05, 0) is 37.0 Å². The molecular weight excluding hydrogens is 298 g/mol. The van der Waals surface area contributed by atoms with Crippen LogP contribution in [0.5, 0.6) is 5.75 Å². The Hall–Kier alpha value is -0.780. The molecule has 0 radical (unpaired) electrons. The van der Waals surface area contributed by atoms with Crippen molar-refractivity contribution >= 4 is 21.6 Å². The van der Waals surface area contributed by atoms with E-state index in [0.717, 1.165) is 19.3 Å². The Morgan fingerprint density at radius 1 is 1.30 bits per heavy atom. The first-order valence-electron chi connectivity index (χ1n) is 6.80. The Morgan fingerprint density at radius 2 is 2.00 bits per heavy atom. The Bertz CT molecular complexity index is 574. The largest absolute Gasteiger partial charge is 0.495 e. The van der Waals surface area contributed by atoms with Crippen molar-refractivity contribution in [2.75, 3.05) is 7.11 Å². The fourth-order valence-corrected chi connectivity index (χ4v) is 4.43. The maximum Gasteiger partial charge on any atom is 0.244 e. The molecule has 1 aliphatic carbocycles. The van der Waals surface area contributed by atoms with Crippen LogP contribution in [0.15, 0.2) is 23.1 Å². The molecule has 2 rings (SSSR count). The summed E-state index contributed by atoms with van der Waals surface area (Å²) in [4.78, 5) is 0.102. The van der Waals surface area contributed by atoms with Gasteiger partial charge in [0.15, 0.2) is 0 Å². The highest BCUT2D eigenvalue weighted by Gasteiger charge is 2.28. The molecule has 1 aliphatic rings. The molecule has 0 aromatic heterocycles. The summed E-state index contributed by atoms with van der Waals surface area (Å²) in [5, 5.41) is 0.378. The molecule has 0 spiro atoms. The van der Waals surface area contributed by atoms with Crippen LogP contribution in [0, 0.1) is 5.92 Å². The van der Waals surface area contributed by atoms with Crippen LogP contribution in [0.3, 0.4) is 0 Å². The first-order valence-corrected chi connectivity index (χ1v) is 8.66. The molecule has 0 aliphatic heterocycles. The van der Waals surface area contributed by atoms with E-state index in [1.54, 1.807) is 12.1 Å². The highest BCUT2D eigenvalue weighted by Crippen LogP contribution is 2.29. The summed E-state index contributed by atoms with van der Waals surface area (Å²) in [5.74, 6) is 0.661. The molecule has 1 saturated carbocycles. The fourth-order valence-electron chi connectivity index (χ4n) is 2.61. The predicted molar refractivity (Wildman–Crippen MR) is 79.7 cm³/mol. The van der Waals surface area contributed by atoms with Crippen molar-refractivity contribution in [3.8, 4) is 5.75 Å². The normalized spacial score (nSPS) is 23.6. The van der Waals surface area contributed by atoms with Crippen molar-refractivity contribution in [2.45, 2.75) is 43.5 Å². The number of sulfonamides is 1. The Balaban J connectivity index is 2.28. The molecule has 1 aromatic carbocycles. The lowest BCUT2D eigenvalue weighted by Gasteiger charge is -2.29. The second-order valence-electron chi connectivity index (χ2n) is 5.28. The van der Waals surface area contributed by atoms with E-state index in [1.165, 1.54) is 19.6 Å². The lowest BCUT2D eigenvalue weighted by molar-refractivity contribution is 0.310. The summed E-state index contributed by atoms with van der Waals surface area (Å²) in [6.45, 7) is 2.08. The van der Waals surface area contributed by atoms with Crippen LogP contribution in [0.25, 0.3) is 0 Å². The molecule has 6 heteroatoms. The summed E-state index contributed by atoms with van der Waals surface area (Å²) in [5.41, 5.74) is 0. The lowest BCUT2D eigenvalue weighted by atomic mass is 9.87. The SMILES string of the molecule is COc1ccc(Cl)cc1S(=O)(=O)N[C@@H]1CCCC[C@H]1C. The van der Waals surface area contributed by atoms with E-state index in [4.69, 9.17) is 16.3 Å². The van der Waals surface area contributed by atoms with Crippen LogP contribution < -0.4 is 9.46 Å². The molecule has 20 heavy (non-hydrogen) atoms. The van der Waals surface area contributed by atoms with E-state index in [2.05, 4.69) is 11.6 Å². The maximum absolute atomic E-state index is 12.5. The summed E-state index contributed by atoms with van der Waals surface area (Å²) in [7, 11) is -2.17. The quantitative estimate of drug-likeness (QED) is 0.927. The molecule has 0 amide bonds. The van der Waals surface area contributed by atoms with Gasteiger partial charge in [-0.3, -0.25) is 0 Å². The van der Waals surface area contributed by atoms with Gasteiger partial charge in [-0.1, -0.05) is 31.4 Å². The van der Waals surface area contributed by atoms with E-state index < -0.39 is 10.0 Å². The van der Waals surface area contributed by atoms with Gasteiger partial charge in [0.1, 0.15) is 10.6 Å². The predicted octanol–water partition coefficient (Wildman–Crippen LogP) is 3.21. The minimum absolute atomic E-state index is 0.0163. The number of hydrogen-bond donors (Lipinski definition) is 1. The number of halogens is 1. The molecule has 112 valence electrons. The molecule has 0 unspecified atom stereocenters. The van der Waals surface area contributed by atoms with Gasteiger partial charge in [0, 0.05) is 11.1 Å². The van der Waals surface area contributed by atoms with Crippen molar-refractivity contribution in [3.05, 3.63) is 23.2 Å². The van der Waals surface area contributed by atoms with Gasteiger partial charge in [0.2, 0.25) is 10.0 Å². The van der Waals surface area contributed by atoms with Gasteiger partial charge in [0.05, 0.1) is 7.11 Å². The maximum atomic E-state index is 12.5. The summed E-state index contributed by atoms with van der Waals surface area (Å²) in [6.07, 6.45) is 4.16. The number of benzene rings is 1. The third-order valence-electron chi connectivity index (χ3n) is 3.83. The van der Waals surface area contributed by atoms with E-state index >= 15 is 0 Å². The smallest absolute Gasteiger partial charge is 0.244 e. The number of nitrogens with one attached hydrogen (secondary N) is 1. The average Bonchev–Trinajstić information content (AvgIpc) is 2.41. The molecule has 2 atom stereocenters. The molecule has 1 fully saturated rings. The van der Waals surface area contributed by atoms with Crippen LogP contribution in [0.1, 0.15) is 32.6 Å². The molecular formula is C14H20ClNO3S. The highest BCUT2D eigenvalue weighted by atomic mass is 35.5. The van der Waals surface area contributed by atoms with Crippen molar-refractivity contribution in [1.82, 2.24) is 4.72 Å². The standard InChI is InChI=1S/C14H20ClNO3S/c1-10-5-3-4-6-12(10)16-20(17,18)14-9-11(15)7-8-13(14)19-2/h7-10,12,16H,3-6H2,1-2H3/t10-,12-/m1/s1. The van der Waals surface area contributed by atoms with Crippen molar-refractivity contribution in [2.24, 2.45) is 5.92 Å². The Kier molecular flexibility index (Phi) is 4.94. The van der Waals surface area contributed by atoms with Gasteiger partial charge < -0.3 is 4.74 Å². The molecule has 0 bridgehead atoms. The first-order chi connectivity index (χ1) is 9.44. The molecule has 0 heterocycles. The van der Waals surface area contributed by atoms with Crippen LogP contribution in [-0.4, -0.2) is 21.6 Å². The molecule has 4 nitrogen and oxygen atoms in total. The topological polar surface area (TPSA) is 55.4 Å². The Morgan fingerprint density at radius 3 is 2.65 bits per heavy atom. The van der Waals surface area contributed by atoms with Crippen LogP contribution in [-0.2, 0) is 10.0 Å². The van der Waals surface area contributed by atoms with Crippen molar-refractivity contribution in [1.29, 1.82) is 0 Å². The molecule has 0 saturated heterocycles. The molecule has 1 aromatic rings. The number of hydrogen-bond acceptors (Lipinski definition) is 3.